The summed E-state index contributed by atoms with van der Waals surface area (Å²) < 4.78 is 5.40. The lowest BCUT2D eigenvalue weighted by Crippen LogP contribution is -2.42. The molecule has 1 N–H and O–H groups in total. The molecular weight excluding hydrogens is 527 g/mol. The predicted octanol–water partition coefficient (Wildman–Crippen LogP) is 3.93. The number of hydrogen-bond donors (Lipinski definition) is 1. The summed E-state index contributed by atoms with van der Waals surface area (Å²) >= 11 is 5.94. The standard InChI is InChI=1S/C22H31ClN6O.HI/c1-24-22(29-14-10-17(16-29)15-28-12-3-2-4-13-28)25-11-9-20-26-21(27-30-20)18-5-7-19(23)8-6-18;/h5-8,17H,2-4,9-16H2,1H3,(H,24,25);1H. The number of guanidine groups is 1. The molecule has 0 radical (unpaired) electrons. The molecule has 2 fully saturated rings. The van der Waals surface area contributed by atoms with Crippen LogP contribution >= 0.6 is 35.6 Å². The van der Waals surface area contributed by atoms with Crippen LogP contribution in [-0.4, -0.2) is 72.2 Å². The predicted molar refractivity (Wildman–Crippen MR) is 135 cm³/mol. The number of nitrogens with one attached hydrogen (secondary N) is 1. The maximum Gasteiger partial charge on any atom is 0.228 e. The molecule has 1 aromatic heterocycles. The Kier molecular flexibility index (Phi) is 9.40. The maximum absolute atomic E-state index is 5.94. The topological polar surface area (TPSA) is 69.8 Å². The molecule has 2 aliphatic heterocycles. The Balaban J connectivity index is 0.00000272. The molecule has 2 aliphatic rings. The molecule has 2 aromatic rings. The van der Waals surface area contributed by atoms with Crippen molar-refractivity contribution in [2.75, 3.05) is 46.3 Å². The van der Waals surface area contributed by atoms with Crippen LogP contribution < -0.4 is 5.32 Å². The number of halogens is 2. The number of likely N-dealkylation sites (tertiary alicyclic amines) is 2. The van der Waals surface area contributed by atoms with Crippen LogP contribution in [-0.2, 0) is 6.42 Å². The molecule has 1 atom stereocenters. The Hall–Kier alpha value is -1.39. The second kappa shape index (κ2) is 12.0. The molecule has 9 heteroatoms. The summed E-state index contributed by atoms with van der Waals surface area (Å²) in [5.41, 5.74) is 0.898. The van der Waals surface area contributed by atoms with Gasteiger partial charge in [0.15, 0.2) is 5.96 Å². The summed E-state index contributed by atoms with van der Waals surface area (Å²) in [4.78, 5) is 14.0. The second-order valence-corrected chi connectivity index (χ2v) is 8.64. The van der Waals surface area contributed by atoms with Gasteiger partial charge in [-0.3, -0.25) is 4.99 Å². The van der Waals surface area contributed by atoms with Crippen molar-refractivity contribution >= 4 is 41.5 Å². The van der Waals surface area contributed by atoms with Crippen LogP contribution in [0.25, 0.3) is 11.4 Å². The summed E-state index contributed by atoms with van der Waals surface area (Å²) in [7, 11) is 1.85. The molecule has 3 heterocycles. The fourth-order valence-corrected chi connectivity index (χ4v) is 4.49. The highest BCUT2D eigenvalue weighted by Crippen LogP contribution is 2.20. The summed E-state index contributed by atoms with van der Waals surface area (Å²) in [5, 5.41) is 8.22. The normalized spacial score (nSPS) is 20.0. The lowest BCUT2D eigenvalue weighted by atomic mass is 10.1. The third-order valence-electron chi connectivity index (χ3n) is 5.95. The number of rotatable bonds is 6. The van der Waals surface area contributed by atoms with E-state index in [9.17, 15) is 0 Å². The number of aromatic nitrogens is 2. The van der Waals surface area contributed by atoms with E-state index in [0.717, 1.165) is 30.5 Å². The van der Waals surface area contributed by atoms with E-state index in [1.807, 2.05) is 31.3 Å². The monoisotopic (exact) mass is 558 g/mol. The summed E-state index contributed by atoms with van der Waals surface area (Å²) in [5.74, 6) is 2.91. The molecule has 1 unspecified atom stereocenters. The highest BCUT2D eigenvalue weighted by Gasteiger charge is 2.27. The van der Waals surface area contributed by atoms with Gasteiger partial charge in [0.05, 0.1) is 0 Å². The smallest absolute Gasteiger partial charge is 0.228 e. The van der Waals surface area contributed by atoms with Gasteiger partial charge in [0.1, 0.15) is 0 Å². The van der Waals surface area contributed by atoms with Crippen LogP contribution in [0.5, 0.6) is 0 Å². The molecule has 4 rings (SSSR count). The van der Waals surface area contributed by atoms with Crippen LogP contribution in [0.1, 0.15) is 31.6 Å². The molecule has 0 amide bonds. The Morgan fingerprint density at radius 3 is 2.71 bits per heavy atom. The van der Waals surface area contributed by atoms with Gasteiger partial charge in [0.25, 0.3) is 0 Å². The molecule has 0 bridgehead atoms. The first-order valence-electron chi connectivity index (χ1n) is 11.0. The average molecular weight is 559 g/mol. The van der Waals surface area contributed by atoms with Gasteiger partial charge < -0.3 is 19.6 Å². The van der Waals surface area contributed by atoms with E-state index in [0.29, 0.717) is 29.7 Å². The third kappa shape index (κ3) is 6.79. The lowest BCUT2D eigenvalue weighted by molar-refractivity contribution is 0.198. The molecule has 31 heavy (non-hydrogen) atoms. The van der Waals surface area contributed by atoms with E-state index >= 15 is 0 Å². The Morgan fingerprint density at radius 2 is 1.97 bits per heavy atom. The number of nitrogens with zero attached hydrogens (tertiary/aromatic N) is 5. The Morgan fingerprint density at radius 1 is 1.19 bits per heavy atom. The molecule has 1 aromatic carbocycles. The van der Waals surface area contributed by atoms with Crippen LogP contribution in [0.2, 0.25) is 5.02 Å². The molecule has 170 valence electrons. The van der Waals surface area contributed by atoms with Crippen molar-refractivity contribution in [2.24, 2.45) is 10.9 Å². The number of benzene rings is 1. The van der Waals surface area contributed by atoms with E-state index in [2.05, 4.69) is 30.2 Å². The summed E-state index contributed by atoms with van der Waals surface area (Å²) in [6.07, 6.45) is 6.01. The molecular formula is C22H32ClIN6O. The van der Waals surface area contributed by atoms with Crippen molar-refractivity contribution in [3.63, 3.8) is 0 Å². The minimum absolute atomic E-state index is 0. The maximum atomic E-state index is 5.94. The van der Waals surface area contributed by atoms with Crippen LogP contribution in [0.15, 0.2) is 33.8 Å². The number of piperidine rings is 1. The molecule has 0 saturated carbocycles. The molecule has 7 nitrogen and oxygen atoms in total. The zero-order valence-electron chi connectivity index (χ0n) is 18.1. The van der Waals surface area contributed by atoms with E-state index in [1.165, 1.54) is 45.3 Å². The quantitative estimate of drug-likeness (QED) is 0.329. The van der Waals surface area contributed by atoms with Gasteiger partial charge in [-0.25, -0.2) is 0 Å². The Labute approximate surface area is 206 Å². The van der Waals surface area contributed by atoms with Gasteiger partial charge in [-0.2, -0.15) is 4.98 Å². The molecule has 2 saturated heterocycles. The second-order valence-electron chi connectivity index (χ2n) is 8.20. The van der Waals surface area contributed by atoms with Gasteiger partial charge in [0.2, 0.25) is 11.7 Å². The van der Waals surface area contributed by atoms with Crippen LogP contribution in [0.4, 0.5) is 0 Å². The first-order valence-corrected chi connectivity index (χ1v) is 11.4. The van der Waals surface area contributed by atoms with E-state index in [-0.39, 0.29) is 24.0 Å². The average Bonchev–Trinajstić information content (AvgIpc) is 3.42. The van der Waals surface area contributed by atoms with E-state index in [4.69, 9.17) is 16.1 Å². The summed E-state index contributed by atoms with van der Waals surface area (Å²) in [6.45, 7) is 6.62. The number of hydrogen-bond acceptors (Lipinski definition) is 5. The van der Waals surface area contributed by atoms with Crippen molar-refractivity contribution in [2.45, 2.75) is 32.1 Å². The summed E-state index contributed by atoms with van der Waals surface area (Å²) in [6, 6.07) is 7.44. The van der Waals surface area contributed by atoms with Gasteiger partial charge >= 0.3 is 0 Å². The van der Waals surface area contributed by atoms with Gasteiger partial charge in [-0.1, -0.05) is 23.2 Å². The lowest BCUT2D eigenvalue weighted by Gasteiger charge is -2.29. The van der Waals surface area contributed by atoms with E-state index in [1.54, 1.807) is 0 Å². The SMILES string of the molecule is CN=C(NCCc1nc(-c2ccc(Cl)cc2)no1)N1CCC(CN2CCCCC2)C1.I. The van der Waals surface area contributed by atoms with Crippen LogP contribution in [0, 0.1) is 5.92 Å². The van der Waals surface area contributed by atoms with Crippen molar-refractivity contribution < 1.29 is 4.52 Å². The van der Waals surface area contributed by atoms with Crippen molar-refractivity contribution in [3.05, 3.63) is 35.2 Å². The van der Waals surface area contributed by atoms with Crippen molar-refractivity contribution in [3.8, 4) is 11.4 Å². The Bertz CT molecular complexity index is 837. The fourth-order valence-electron chi connectivity index (χ4n) is 4.37. The first-order chi connectivity index (χ1) is 14.7. The minimum atomic E-state index is 0. The largest absolute Gasteiger partial charge is 0.356 e. The zero-order chi connectivity index (χ0) is 20.8. The first kappa shape index (κ1) is 24.3. The minimum Gasteiger partial charge on any atom is -0.356 e. The highest BCUT2D eigenvalue weighted by atomic mass is 127. The highest BCUT2D eigenvalue weighted by molar-refractivity contribution is 14.0. The van der Waals surface area contributed by atoms with E-state index < -0.39 is 0 Å². The van der Waals surface area contributed by atoms with Gasteiger partial charge in [-0.05, 0) is 62.5 Å². The van der Waals surface area contributed by atoms with Gasteiger partial charge in [0, 0.05) is 50.2 Å². The fraction of sp³-hybridized carbons (Fsp3) is 0.591. The molecule has 0 aliphatic carbocycles. The van der Waals surface area contributed by atoms with Crippen molar-refractivity contribution in [1.29, 1.82) is 0 Å². The van der Waals surface area contributed by atoms with Gasteiger partial charge in [-0.15, -0.1) is 24.0 Å². The number of aliphatic imine (C=N–C) groups is 1. The van der Waals surface area contributed by atoms with Crippen LogP contribution in [0.3, 0.4) is 0 Å². The third-order valence-corrected chi connectivity index (χ3v) is 6.21. The molecule has 0 spiro atoms. The van der Waals surface area contributed by atoms with Crippen molar-refractivity contribution in [1.82, 2.24) is 25.3 Å². The zero-order valence-corrected chi connectivity index (χ0v) is 21.2.